The Morgan fingerprint density at radius 3 is 2.75 bits per heavy atom. The van der Waals surface area contributed by atoms with Gasteiger partial charge in [0.25, 0.3) is 0 Å². The van der Waals surface area contributed by atoms with Crippen LogP contribution in [0.2, 0.25) is 0 Å². The topological polar surface area (TPSA) is 64.7 Å². The van der Waals surface area contributed by atoms with Crippen LogP contribution in [0.4, 0.5) is 0 Å². The zero-order valence-corrected chi connectivity index (χ0v) is 13.2. The summed E-state index contributed by atoms with van der Waals surface area (Å²) in [5, 5.41) is 0. The summed E-state index contributed by atoms with van der Waals surface area (Å²) in [6, 6.07) is 3.89. The summed E-state index contributed by atoms with van der Waals surface area (Å²) in [5.74, 6) is 0.668. The fourth-order valence-electron chi connectivity index (χ4n) is 2.74. The molecule has 2 aromatic heterocycles. The van der Waals surface area contributed by atoms with E-state index in [0.29, 0.717) is 5.82 Å². The first-order chi connectivity index (χ1) is 9.44. The zero-order chi connectivity index (χ0) is 14.3. The molecule has 104 valence electrons. The smallest absolute Gasteiger partial charge is 0.178 e. The van der Waals surface area contributed by atoms with Crippen molar-refractivity contribution >= 4 is 15.9 Å². The minimum Gasteiger partial charge on any atom is -0.324 e. The van der Waals surface area contributed by atoms with Crippen molar-refractivity contribution in [1.29, 1.82) is 0 Å². The molecule has 0 bridgehead atoms. The molecule has 0 aromatic carbocycles. The summed E-state index contributed by atoms with van der Waals surface area (Å²) >= 11 is 3.38. The number of hydrogen-bond acceptors (Lipinski definition) is 4. The van der Waals surface area contributed by atoms with Crippen molar-refractivity contribution in [3.05, 3.63) is 40.3 Å². The first-order valence-electron chi connectivity index (χ1n) is 6.68. The molecule has 0 spiro atoms. The maximum Gasteiger partial charge on any atom is 0.178 e. The van der Waals surface area contributed by atoms with Crippen molar-refractivity contribution < 1.29 is 0 Å². The lowest BCUT2D eigenvalue weighted by Crippen LogP contribution is -2.30. The SMILES string of the molecule is CC1(C)Cc2nc(-c3ccc(Br)cn3)ncc2C(N)C1. The normalized spacial score (nSPS) is 20.5. The molecule has 0 fully saturated rings. The molecule has 0 amide bonds. The summed E-state index contributed by atoms with van der Waals surface area (Å²) in [4.78, 5) is 13.5. The van der Waals surface area contributed by atoms with Gasteiger partial charge in [-0.05, 0) is 46.3 Å². The molecule has 1 aliphatic carbocycles. The molecule has 20 heavy (non-hydrogen) atoms. The minimum absolute atomic E-state index is 0.0284. The molecule has 1 aliphatic rings. The second kappa shape index (κ2) is 4.90. The van der Waals surface area contributed by atoms with Crippen molar-refractivity contribution in [1.82, 2.24) is 15.0 Å². The van der Waals surface area contributed by atoms with Crippen molar-refractivity contribution in [2.75, 3.05) is 0 Å². The molecule has 1 unspecified atom stereocenters. The van der Waals surface area contributed by atoms with Gasteiger partial charge in [0.1, 0.15) is 5.69 Å². The molecule has 2 aromatic rings. The Labute approximate surface area is 127 Å². The van der Waals surface area contributed by atoms with Gasteiger partial charge in [-0.15, -0.1) is 0 Å². The Morgan fingerprint density at radius 1 is 1.25 bits per heavy atom. The van der Waals surface area contributed by atoms with Crippen molar-refractivity contribution in [3.8, 4) is 11.5 Å². The van der Waals surface area contributed by atoms with Crippen LogP contribution in [0.25, 0.3) is 11.5 Å². The van der Waals surface area contributed by atoms with E-state index in [2.05, 4.69) is 39.7 Å². The van der Waals surface area contributed by atoms with Crippen molar-refractivity contribution in [2.45, 2.75) is 32.7 Å². The summed E-state index contributed by atoms with van der Waals surface area (Å²) < 4.78 is 0.947. The summed E-state index contributed by atoms with van der Waals surface area (Å²) in [6.45, 7) is 4.46. The van der Waals surface area contributed by atoms with Crippen LogP contribution >= 0.6 is 15.9 Å². The predicted molar refractivity (Wildman–Crippen MR) is 82.0 cm³/mol. The van der Waals surface area contributed by atoms with Gasteiger partial charge < -0.3 is 5.73 Å². The second-order valence-electron chi connectivity index (χ2n) is 6.11. The number of rotatable bonds is 1. The third kappa shape index (κ3) is 2.60. The molecule has 1 atom stereocenters. The number of nitrogens with zero attached hydrogens (tertiary/aromatic N) is 3. The average molecular weight is 333 g/mol. The molecule has 5 heteroatoms. The number of pyridine rings is 1. The molecule has 0 radical (unpaired) electrons. The van der Waals surface area contributed by atoms with E-state index >= 15 is 0 Å². The van der Waals surface area contributed by atoms with Gasteiger partial charge in [-0.1, -0.05) is 13.8 Å². The van der Waals surface area contributed by atoms with E-state index in [0.717, 1.165) is 34.3 Å². The fourth-order valence-corrected chi connectivity index (χ4v) is 2.97. The van der Waals surface area contributed by atoms with Crippen LogP contribution in [0.3, 0.4) is 0 Å². The Morgan fingerprint density at radius 2 is 2.05 bits per heavy atom. The summed E-state index contributed by atoms with van der Waals surface area (Å²) in [7, 11) is 0. The van der Waals surface area contributed by atoms with E-state index in [1.807, 2.05) is 18.3 Å². The van der Waals surface area contributed by atoms with Gasteiger partial charge in [0.2, 0.25) is 0 Å². The maximum atomic E-state index is 6.23. The molecule has 2 N–H and O–H groups in total. The maximum absolute atomic E-state index is 6.23. The van der Waals surface area contributed by atoms with E-state index in [4.69, 9.17) is 10.7 Å². The van der Waals surface area contributed by atoms with Crippen molar-refractivity contribution in [2.24, 2.45) is 11.1 Å². The standard InChI is InChI=1S/C15H17BrN4/c1-15(2)5-11(17)10-8-19-14(20-13(10)6-15)12-4-3-9(16)7-18-12/h3-4,7-8,11H,5-6,17H2,1-2H3. The molecule has 2 heterocycles. The Bertz CT molecular complexity index is 637. The molecule has 0 aliphatic heterocycles. The monoisotopic (exact) mass is 332 g/mol. The minimum atomic E-state index is 0.0284. The molecular weight excluding hydrogens is 316 g/mol. The van der Waals surface area contributed by atoms with Gasteiger partial charge >= 0.3 is 0 Å². The largest absolute Gasteiger partial charge is 0.324 e. The highest BCUT2D eigenvalue weighted by molar-refractivity contribution is 9.10. The van der Waals surface area contributed by atoms with E-state index in [9.17, 15) is 0 Å². The first kappa shape index (κ1) is 13.6. The molecule has 4 nitrogen and oxygen atoms in total. The highest BCUT2D eigenvalue weighted by Crippen LogP contribution is 2.38. The van der Waals surface area contributed by atoms with Gasteiger partial charge in [-0.3, -0.25) is 4.98 Å². The third-order valence-electron chi connectivity index (χ3n) is 3.67. The van der Waals surface area contributed by atoms with Crippen LogP contribution in [-0.2, 0) is 6.42 Å². The molecule has 3 rings (SSSR count). The van der Waals surface area contributed by atoms with Crippen LogP contribution in [0.5, 0.6) is 0 Å². The van der Waals surface area contributed by atoms with Gasteiger partial charge in [-0.25, -0.2) is 9.97 Å². The summed E-state index contributed by atoms with van der Waals surface area (Å²) in [6.07, 6.45) is 5.52. The molecular formula is C15H17BrN4. The van der Waals surface area contributed by atoms with Crippen LogP contribution in [-0.4, -0.2) is 15.0 Å². The Hall–Kier alpha value is -1.33. The van der Waals surface area contributed by atoms with Gasteiger partial charge in [-0.2, -0.15) is 0 Å². The molecule has 0 saturated heterocycles. The lowest BCUT2D eigenvalue weighted by atomic mass is 9.74. The van der Waals surface area contributed by atoms with E-state index in [-0.39, 0.29) is 11.5 Å². The van der Waals surface area contributed by atoms with Crippen LogP contribution in [0.1, 0.15) is 37.6 Å². The van der Waals surface area contributed by atoms with Crippen LogP contribution in [0, 0.1) is 5.41 Å². The first-order valence-corrected chi connectivity index (χ1v) is 7.47. The second-order valence-corrected chi connectivity index (χ2v) is 7.02. The average Bonchev–Trinajstić information content (AvgIpc) is 2.37. The zero-order valence-electron chi connectivity index (χ0n) is 11.6. The van der Waals surface area contributed by atoms with Crippen molar-refractivity contribution in [3.63, 3.8) is 0 Å². The number of halogens is 1. The van der Waals surface area contributed by atoms with E-state index in [1.54, 1.807) is 6.20 Å². The number of fused-ring (bicyclic) bond motifs is 1. The van der Waals surface area contributed by atoms with Gasteiger partial charge in [0.05, 0.1) is 0 Å². The van der Waals surface area contributed by atoms with Gasteiger partial charge in [0, 0.05) is 34.2 Å². The quantitative estimate of drug-likeness (QED) is 0.870. The highest BCUT2D eigenvalue weighted by Gasteiger charge is 2.31. The third-order valence-corrected chi connectivity index (χ3v) is 4.14. The number of nitrogens with two attached hydrogens (primary N) is 1. The lowest BCUT2D eigenvalue weighted by Gasteiger charge is -2.34. The number of aromatic nitrogens is 3. The number of hydrogen-bond donors (Lipinski definition) is 1. The van der Waals surface area contributed by atoms with Gasteiger partial charge in [0.15, 0.2) is 5.82 Å². The lowest BCUT2D eigenvalue weighted by molar-refractivity contribution is 0.278. The fraction of sp³-hybridized carbons (Fsp3) is 0.400. The highest BCUT2D eigenvalue weighted by atomic mass is 79.9. The van der Waals surface area contributed by atoms with E-state index in [1.165, 1.54) is 0 Å². The molecule has 0 saturated carbocycles. The van der Waals surface area contributed by atoms with E-state index < -0.39 is 0 Å². The van der Waals surface area contributed by atoms with Crippen LogP contribution in [0.15, 0.2) is 29.0 Å². The predicted octanol–water partition coefficient (Wildman–Crippen LogP) is 3.27. The van der Waals surface area contributed by atoms with Crippen LogP contribution < -0.4 is 5.73 Å². The summed E-state index contributed by atoms with van der Waals surface area (Å²) in [5.41, 5.74) is 9.33. The Kier molecular flexibility index (Phi) is 3.34. The Balaban J connectivity index is 2.02.